The molecule has 0 spiro atoms. The first-order valence-corrected chi connectivity index (χ1v) is 13.2. The van der Waals surface area contributed by atoms with E-state index >= 15 is 0 Å². The summed E-state index contributed by atoms with van der Waals surface area (Å²) in [5.74, 6) is -3.44. The Kier molecular flexibility index (Phi) is 10.7. The highest BCUT2D eigenvalue weighted by Crippen LogP contribution is 2.19. The molecule has 4 aromatic rings. The molecule has 0 aromatic carbocycles. The number of carbonyl (C=O) groups excluding carboxylic acids is 4. The lowest BCUT2D eigenvalue weighted by molar-refractivity contribution is -0.116. The summed E-state index contributed by atoms with van der Waals surface area (Å²) in [5.41, 5.74) is 4.66. The number of aromatic nitrogens is 5. The van der Waals surface area contributed by atoms with Crippen molar-refractivity contribution in [3.63, 3.8) is 0 Å². The fraction of sp³-hybridized carbons (Fsp3) is 0.222. The van der Waals surface area contributed by atoms with Crippen LogP contribution in [-0.2, 0) is 32.5 Å². The zero-order valence-electron chi connectivity index (χ0n) is 24.8. The SMILES string of the molecule is Cl.Cn1cc(NC(=O)c2cc(NC(=O)c3cc(NC(=O)Cn4cc(F)c(=O)[nH]c4=O)cn3C)cn2C)cc1C(=O)NCCC(=N)N. The number of amides is 4. The third-order valence-corrected chi connectivity index (χ3v) is 6.47. The van der Waals surface area contributed by atoms with Crippen molar-refractivity contribution in [2.24, 2.45) is 26.9 Å². The highest BCUT2D eigenvalue weighted by molar-refractivity contribution is 6.07. The molecule has 46 heavy (non-hydrogen) atoms. The van der Waals surface area contributed by atoms with Gasteiger partial charge in [0.2, 0.25) is 11.7 Å². The lowest BCUT2D eigenvalue weighted by atomic mass is 10.3. The number of aromatic amines is 1. The van der Waals surface area contributed by atoms with Crippen molar-refractivity contribution in [3.05, 3.63) is 86.7 Å². The molecule has 17 nitrogen and oxygen atoms in total. The zero-order chi connectivity index (χ0) is 33.0. The highest BCUT2D eigenvalue weighted by atomic mass is 35.5. The van der Waals surface area contributed by atoms with E-state index in [1.165, 1.54) is 44.3 Å². The van der Waals surface area contributed by atoms with Crippen molar-refractivity contribution in [3.8, 4) is 0 Å². The molecule has 0 atom stereocenters. The van der Waals surface area contributed by atoms with E-state index in [2.05, 4.69) is 21.3 Å². The second-order valence-electron chi connectivity index (χ2n) is 10.0. The number of anilines is 3. The zero-order valence-corrected chi connectivity index (χ0v) is 25.6. The minimum absolute atomic E-state index is 0. The van der Waals surface area contributed by atoms with Crippen LogP contribution in [0.2, 0.25) is 0 Å². The van der Waals surface area contributed by atoms with Crippen molar-refractivity contribution in [2.45, 2.75) is 13.0 Å². The van der Waals surface area contributed by atoms with Crippen LogP contribution in [0.3, 0.4) is 0 Å². The lowest BCUT2D eigenvalue weighted by Crippen LogP contribution is -2.34. The summed E-state index contributed by atoms with van der Waals surface area (Å²) in [6.45, 7) is -0.392. The number of carbonyl (C=O) groups is 4. The van der Waals surface area contributed by atoms with Gasteiger partial charge in [-0.25, -0.2) is 4.79 Å². The van der Waals surface area contributed by atoms with Crippen LogP contribution in [0.25, 0.3) is 0 Å². The monoisotopic (exact) mass is 659 g/mol. The molecule has 0 fully saturated rings. The van der Waals surface area contributed by atoms with Gasteiger partial charge in [-0.15, -0.1) is 12.4 Å². The van der Waals surface area contributed by atoms with E-state index in [-0.39, 0.29) is 54.0 Å². The molecular formula is C27H31ClFN11O6. The van der Waals surface area contributed by atoms with Gasteiger partial charge in [0, 0.05) is 52.7 Å². The van der Waals surface area contributed by atoms with Gasteiger partial charge in [-0.2, -0.15) is 4.39 Å². The molecule has 0 aliphatic carbocycles. The van der Waals surface area contributed by atoms with E-state index in [1.54, 1.807) is 32.3 Å². The molecule has 0 aliphatic rings. The summed E-state index contributed by atoms with van der Waals surface area (Å²) in [5, 5.41) is 17.8. The maximum Gasteiger partial charge on any atom is 0.328 e. The molecule has 0 saturated heterocycles. The maximum absolute atomic E-state index is 13.5. The fourth-order valence-electron chi connectivity index (χ4n) is 4.32. The Labute approximate surface area is 265 Å². The Hall–Kier alpha value is -5.91. The van der Waals surface area contributed by atoms with Crippen LogP contribution >= 0.6 is 12.4 Å². The van der Waals surface area contributed by atoms with Gasteiger partial charge in [0.05, 0.1) is 29.1 Å². The van der Waals surface area contributed by atoms with Crippen molar-refractivity contribution in [1.82, 2.24) is 28.6 Å². The van der Waals surface area contributed by atoms with Gasteiger partial charge >= 0.3 is 5.69 Å². The van der Waals surface area contributed by atoms with E-state index in [0.29, 0.717) is 22.1 Å². The minimum Gasteiger partial charge on any atom is -0.388 e. The molecule has 0 aliphatic heterocycles. The average Bonchev–Trinajstić information content (AvgIpc) is 3.62. The molecular weight excluding hydrogens is 629 g/mol. The standard InChI is InChI=1S/C27H30FN11O6.ClH/c1-36-10-15(7-18(36)24(42)31-5-4-21(29)30)33-26(44)20-8-16(11-38(20)3)34-25(43)19-6-14(9-37(19)2)32-22(40)13-39-12-17(28)23(41)35-27(39)45;/h6-12H,4-5,13H2,1-3H3,(H3,29,30)(H,31,42)(H,32,40)(H,33,44)(H,34,43)(H,35,41,45);1H. The predicted molar refractivity (Wildman–Crippen MR) is 168 cm³/mol. The number of halogens is 2. The number of amidine groups is 1. The summed E-state index contributed by atoms with van der Waals surface area (Å²) in [6, 6.07) is 4.33. The number of hydrogen-bond donors (Lipinski definition) is 7. The molecule has 0 saturated carbocycles. The Morgan fingerprint density at radius 2 is 1.26 bits per heavy atom. The first-order chi connectivity index (χ1) is 21.2. The number of nitrogens with one attached hydrogen (secondary N) is 6. The largest absolute Gasteiger partial charge is 0.388 e. The molecule has 4 aromatic heterocycles. The highest BCUT2D eigenvalue weighted by Gasteiger charge is 2.19. The van der Waals surface area contributed by atoms with Crippen molar-refractivity contribution < 1.29 is 23.6 Å². The maximum atomic E-state index is 13.5. The van der Waals surface area contributed by atoms with Gasteiger partial charge in [0.1, 0.15) is 23.6 Å². The summed E-state index contributed by atoms with van der Waals surface area (Å²) in [4.78, 5) is 75.5. The predicted octanol–water partition coefficient (Wildman–Crippen LogP) is 0.312. The van der Waals surface area contributed by atoms with E-state index < -0.39 is 47.2 Å². The quantitative estimate of drug-likeness (QED) is 0.0878. The Bertz CT molecular complexity index is 1950. The van der Waals surface area contributed by atoms with E-state index in [0.717, 1.165) is 0 Å². The van der Waals surface area contributed by atoms with Gasteiger partial charge < -0.3 is 40.7 Å². The molecule has 244 valence electrons. The summed E-state index contributed by atoms with van der Waals surface area (Å²) in [7, 11) is 4.81. The number of H-pyrrole nitrogens is 1. The van der Waals surface area contributed by atoms with E-state index in [4.69, 9.17) is 11.1 Å². The number of rotatable bonds is 11. The molecule has 0 bridgehead atoms. The fourth-order valence-corrected chi connectivity index (χ4v) is 4.32. The molecule has 4 heterocycles. The third kappa shape index (κ3) is 8.17. The minimum atomic E-state index is -1.22. The van der Waals surface area contributed by atoms with Crippen LogP contribution in [0.15, 0.2) is 52.6 Å². The summed E-state index contributed by atoms with van der Waals surface area (Å²) >= 11 is 0. The average molecular weight is 660 g/mol. The van der Waals surface area contributed by atoms with Crippen LogP contribution in [0.5, 0.6) is 0 Å². The number of hydrogen-bond acceptors (Lipinski definition) is 7. The lowest BCUT2D eigenvalue weighted by Gasteiger charge is -2.05. The third-order valence-electron chi connectivity index (χ3n) is 6.47. The van der Waals surface area contributed by atoms with Gasteiger partial charge in [-0.05, 0) is 18.2 Å². The molecule has 0 radical (unpaired) electrons. The number of nitrogens with zero attached hydrogens (tertiary/aromatic N) is 4. The first-order valence-electron chi connectivity index (χ1n) is 13.2. The van der Waals surface area contributed by atoms with Crippen molar-refractivity contribution >= 4 is 58.9 Å². The Morgan fingerprint density at radius 3 is 1.74 bits per heavy atom. The van der Waals surface area contributed by atoms with Crippen LogP contribution in [0.1, 0.15) is 37.9 Å². The number of aryl methyl sites for hydroxylation is 3. The summed E-state index contributed by atoms with van der Waals surface area (Å²) < 4.78 is 18.7. The van der Waals surface area contributed by atoms with Crippen LogP contribution in [-0.4, -0.2) is 59.3 Å². The Balaban J connectivity index is 0.00000576. The Morgan fingerprint density at radius 1 is 0.804 bits per heavy atom. The normalized spacial score (nSPS) is 10.5. The van der Waals surface area contributed by atoms with Gasteiger partial charge in [-0.3, -0.25) is 38.9 Å². The smallest absolute Gasteiger partial charge is 0.328 e. The second-order valence-corrected chi connectivity index (χ2v) is 10.0. The topological polar surface area (TPSA) is 236 Å². The molecule has 4 rings (SSSR count). The molecule has 19 heteroatoms. The van der Waals surface area contributed by atoms with E-state index in [1.807, 2.05) is 0 Å². The second kappa shape index (κ2) is 14.2. The first kappa shape index (κ1) is 34.6. The van der Waals surface area contributed by atoms with Crippen LogP contribution < -0.4 is 38.2 Å². The van der Waals surface area contributed by atoms with Crippen molar-refractivity contribution in [1.29, 1.82) is 5.41 Å². The molecule has 4 amide bonds. The summed E-state index contributed by atoms with van der Waals surface area (Å²) in [6.07, 6.45) is 5.37. The number of nitrogens with two attached hydrogens (primary N) is 1. The van der Waals surface area contributed by atoms with Gasteiger partial charge in [-0.1, -0.05) is 0 Å². The van der Waals surface area contributed by atoms with Gasteiger partial charge in [0.25, 0.3) is 23.3 Å². The van der Waals surface area contributed by atoms with Crippen LogP contribution in [0.4, 0.5) is 21.5 Å². The van der Waals surface area contributed by atoms with E-state index in [9.17, 15) is 33.2 Å². The molecule has 8 N–H and O–H groups in total. The van der Waals surface area contributed by atoms with Gasteiger partial charge in [0.15, 0.2) is 0 Å². The van der Waals surface area contributed by atoms with Crippen molar-refractivity contribution in [2.75, 3.05) is 22.5 Å². The van der Waals surface area contributed by atoms with Crippen LogP contribution in [0, 0.1) is 11.2 Å². The molecule has 0 unspecified atom stereocenters.